The van der Waals surface area contributed by atoms with Crippen molar-refractivity contribution in [1.29, 1.82) is 0 Å². The second kappa shape index (κ2) is 22.4. The first-order chi connectivity index (χ1) is 38.2. The maximum Gasteiger partial charge on any atom is 0.137 e. The van der Waals surface area contributed by atoms with Gasteiger partial charge in [-0.3, -0.25) is 0 Å². The normalized spacial score (nSPS) is 10.9. The summed E-state index contributed by atoms with van der Waals surface area (Å²) in [5.74, 6) is 1.41. The molecule has 0 aliphatic heterocycles. The van der Waals surface area contributed by atoms with Crippen LogP contribution in [0.5, 0.6) is 11.5 Å². The monoisotopic (exact) mass is 990 g/mol. The summed E-state index contributed by atoms with van der Waals surface area (Å²) in [5, 5.41) is 0. The fourth-order valence-electron chi connectivity index (χ4n) is 10.1. The van der Waals surface area contributed by atoms with Gasteiger partial charge in [-0.05, 0) is 157 Å². The summed E-state index contributed by atoms with van der Waals surface area (Å²) in [5.41, 5.74) is 16.4. The molecule has 0 saturated heterocycles. The molecule has 0 heterocycles. The minimum atomic E-state index is 0.704. The van der Waals surface area contributed by atoms with Crippen LogP contribution >= 0.6 is 0 Å². The maximum absolute atomic E-state index is 7.63. The summed E-state index contributed by atoms with van der Waals surface area (Å²) in [6.07, 6.45) is 0. The molecular weight excluding hydrogens is 937 g/mol. The highest BCUT2D eigenvalue weighted by Gasteiger charge is 2.22. The first-order valence-corrected chi connectivity index (χ1v) is 26.0. The molecule has 77 heavy (non-hydrogen) atoms. The van der Waals surface area contributed by atoms with Crippen LogP contribution in [0, 0.1) is 0 Å². The van der Waals surface area contributed by atoms with Gasteiger partial charge in [0.2, 0.25) is 0 Å². The van der Waals surface area contributed by atoms with Crippen LogP contribution in [0.1, 0.15) is 0 Å². The SMILES string of the molecule is c1ccc(N(c2ccccc2)c2ccc(-c3ccc(N(c4ccccc4)c4ccccc4)cc3Oc3cc(N(c4ccccc4)c4ccccc4)ccc3-c3ccc(N(c4ccccc4)c4ccccc4)cc3)cc2)cc1. The number of benzene rings is 12. The van der Waals surface area contributed by atoms with Gasteiger partial charge in [0.05, 0.1) is 0 Å². The highest BCUT2D eigenvalue weighted by atomic mass is 16.5. The molecule has 5 heteroatoms. The van der Waals surface area contributed by atoms with Crippen molar-refractivity contribution in [2.24, 2.45) is 0 Å². The molecule has 0 radical (unpaired) electrons. The summed E-state index contributed by atoms with van der Waals surface area (Å²) in [7, 11) is 0. The smallest absolute Gasteiger partial charge is 0.137 e. The minimum Gasteiger partial charge on any atom is -0.456 e. The van der Waals surface area contributed by atoms with Gasteiger partial charge in [0.25, 0.3) is 0 Å². The molecule has 0 N–H and O–H groups in total. The van der Waals surface area contributed by atoms with Crippen molar-refractivity contribution in [3.63, 3.8) is 0 Å². The summed E-state index contributed by atoms with van der Waals surface area (Å²) < 4.78 is 7.63. The van der Waals surface area contributed by atoms with E-state index in [1.54, 1.807) is 0 Å². The van der Waals surface area contributed by atoms with Crippen LogP contribution in [0.3, 0.4) is 0 Å². The molecule has 0 amide bonds. The molecule has 0 spiro atoms. The van der Waals surface area contributed by atoms with Gasteiger partial charge >= 0.3 is 0 Å². The van der Waals surface area contributed by atoms with Gasteiger partial charge in [0.15, 0.2) is 0 Å². The molecule has 0 bridgehead atoms. The average Bonchev–Trinajstić information content (AvgIpc) is 3.51. The molecule has 0 aliphatic carbocycles. The minimum absolute atomic E-state index is 0.704. The van der Waals surface area contributed by atoms with Crippen molar-refractivity contribution in [3.05, 3.63) is 328 Å². The molecular formula is C72H54N4O. The van der Waals surface area contributed by atoms with Crippen LogP contribution in [0.25, 0.3) is 22.3 Å². The predicted molar refractivity (Wildman–Crippen MR) is 323 cm³/mol. The molecule has 0 atom stereocenters. The zero-order valence-corrected chi connectivity index (χ0v) is 42.4. The Kier molecular flexibility index (Phi) is 13.9. The van der Waals surface area contributed by atoms with Crippen LogP contribution in [0.4, 0.5) is 68.2 Å². The summed E-state index contributed by atoms with van der Waals surface area (Å²) in [4.78, 5) is 9.14. The lowest BCUT2D eigenvalue weighted by atomic mass is 10.0. The van der Waals surface area contributed by atoms with Crippen LogP contribution in [-0.2, 0) is 0 Å². The Hall–Kier alpha value is -10.4. The maximum atomic E-state index is 7.63. The molecule has 12 aromatic rings. The molecule has 12 aromatic carbocycles. The number of anilines is 12. The first kappa shape index (κ1) is 47.6. The molecule has 5 nitrogen and oxygen atoms in total. The number of ether oxygens (including phenoxy) is 1. The number of hydrogen-bond acceptors (Lipinski definition) is 5. The molecule has 0 aliphatic rings. The van der Waals surface area contributed by atoms with Gasteiger partial charge < -0.3 is 24.3 Å². The zero-order chi connectivity index (χ0) is 51.6. The molecule has 12 rings (SSSR count). The van der Waals surface area contributed by atoms with E-state index in [-0.39, 0.29) is 0 Å². The Labute approximate surface area is 451 Å². The topological polar surface area (TPSA) is 22.2 Å². The second-order valence-corrected chi connectivity index (χ2v) is 18.6. The largest absolute Gasteiger partial charge is 0.456 e. The van der Waals surface area contributed by atoms with E-state index in [0.717, 1.165) is 90.5 Å². The van der Waals surface area contributed by atoms with Crippen LogP contribution < -0.4 is 24.3 Å². The summed E-state index contributed by atoms with van der Waals surface area (Å²) >= 11 is 0. The van der Waals surface area contributed by atoms with Crippen molar-refractivity contribution < 1.29 is 4.74 Å². The zero-order valence-electron chi connectivity index (χ0n) is 42.4. The van der Waals surface area contributed by atoms with Crippen molar-refractivity contribution in [3.8, 4) is 33.8 Å². The van der Waals surface area contributed by atoms with E-state index >= 15 is 0 Å². The van der Waals surface area contributed by atoms with E-state index in [9.17, 15) is 0 Å². The Morgan fingerprint density at radius 1 is 0.169 bits per heavy atom. The van der Waals surface area contributed by atoms with Gasteiger partial charge in [-0.25, -0.2) is 0 Å². The van der Waals surface area contributed by atoms with Crippen LogP contribution in [-0.4, -0.2) is 0 Å². The summed E-state index contributed by atoms with van der Waals surface area (Å²) in [6, 6.07) is 115. The third kappa shape index (κ3) is 10.4. The molecule has 0 saturated carbocycles. The van der Waals surface area contributed by atoms with Crippen molar-refractivity contribution in [1.82, 2.24) is 0 Å². The van der Waals surface area contributed by atoms with E-state index in [1.807, 2.05) is 0 Å². The highest BCUT2D eigenvalue weighted by molar-refractivity contribution is 5.87. The van der Waals surface area contributed by atoms with Crippen LogP contribution in [0.15, 0.2) is 328 Å². The van der Waals surface area contributed by atoms with Gasteiger partial charge in [0.1, 0.15) is 11.5 Å². The van der Waals surface area contributed by atoms with E-state index in [0.29, 0.717) is 11.5 Å². The van der Waals surface area contributed by atoms with Crippen molar-refractivity contribution in [2.45, 2.75) is 0 Å². The van der Waals surface area contributed by atoms with E-state index in [1.165, 1.54) is 0 Å². The van der Waals surface area contributed by atoms with E-state index in [4.69, 9.17) is 4.74 Å². The Bertz CT molecular complexity index is 3380. The summed E-state index contributed by atoms with van der Waals surface area (Å²) in [6.45, 7) is 0. The molecule has 0 fully saturated rings. The Morgan fingerprint density at radius 3 is 0.571 bits per heavy atom. The average molecular weight is 991 g/mol. The standard InChI is InChI=1S/C72H54N4O/c1-9-25-57(26-10-1)73(58-27-11-2-12-28-58)65-45-41-55(42-46-65)69-51-49-67(75(61-33-17-5-18-34-61)62-35-19-6-20-36-62)53-71(69)77-72-54-68(76(63-37-21-7-22-38-63)64-39-23-8-24-40-64)50-52-70(72)56-43-47-66(48-44-56)74(59-29-13-3-14-30-59)60-31-15-4-16-32-60/h1-54H. The lowest BCUT2D eigenvalue weighted by Gasteiger charge is -2.28. The van der Waals surface area contributed by atoms with E-state index < -0.39 is 0 Å². The molecule has 0 unspecified atom stereocenters. The quantitative estimate of drug-likeness (QED) is 0.0959. The van der Waals surface area contributed by atoms with Gasteiger partial charge in [0, 0.05) is 91.5 Å². The third-order valence-corrected chi connectivity index (χ3v) is 13.7. The Morgan fingerprint density at radius 2 is 0.351 bits per heavy atom. The molecule has 0 aromatic heterocycles. The van der Waals surface area contributed by atoms with E-state index in [2.05, 4.69) is 347 Å². The van der Waals surface area contributed by atoms with Crippen molar-refractivity contribution in [2.75, 3.05) is 19.6 Å². The lowest BCUT2D eigenvalue weighted by molar-refractivity contribution is 0.486. The van der Waals surface area contributed by atoms with Crippen molar-refractivity contribution >= 4 is 68.2 Å². The fraction of sp³-hybridized carbons (Fsp3) is 0. The number of hydrogen-bond donors (Lipinski definition) is 0. The molecule has 368 valence electrons. The lowest BCUT2D eigenvalue weighted by Crippen LogP contribution is -2.11. The fourth-order valence-corrected chi connectivity index (χ4v) is 10.1. The highest BCUT2D eigenvalue weighted by Crippen LogP contribution is 2.47. The third-order valence-electron chi connectivity index (χ3n) is 13.7. The first-order valence-electron chi connectivity index (χ1n) is 26.0. The van der Waals surface area contributed by atoms with Crippen LogP contribution in [0.2, 0.25) is 0 Å². The van der Waals surface area contributed by atoms with Gasteiger partial charge in [-0.15, -0.1) is 0 Å². The Balaban J connectivity index is 1.03. The van der Waals surface area contributed by atoms with Gasteiger partial charge in [-0.1, -0.05) is 170 Å². The second-order valence-electron chi connectivity index (χ2n) is 18.6. The number of nitrogens with zero attached hydrogens (tertiary/aromatic N) is 4. The predicted octanol–water partition coefficient (Wildman–Crippen LogP) is 20.7. The van der Waals surface area contributed by atoms with Gasteiger partial charge in [-0.2, -0.15) is 0 Å². The number of para-hydroxylation sites is 8. The number of rotatable bonds is 16.